The highest BCUT2D eigenvalue weighted by Crippen LogP contribution is 2.22. The molecule has 3 rings (SSSR count). The van der Waals surface area contributed by atoms with Crippen molar-refractivity contribution >= 4 is 23.2 Å². The molecule has 1 fully saturated rings. The first-order chi connectivity index (χ1) is 12.6. The zero-order valence-electron chi connectivity index (χ0n) is 15.4. The van der Waals surface area contributed by atoms with Gasteiger partial charge in [-0.1, -0.05) is 19.1 Å². The van der Waals surface area contributed by atoms with E-state index in [-0.39, 0.29) is 11.7 Å². The van der Waals surface area contributed by atoms with E-state index < -0.39 is 0 Å². The third-order valence-electron chi connectivity index (χ3n) is 4.91. The van der Waals surface area contributed by atoms with E-state index >= 15 is 0 Å². The van der Waals surface area contributed by atoms with Crippen molar-refractivity contribution in [1.82, 2.24) is 9.88 Å². The first-order valence-electron chi connectivity index (χ1n) is 9.23. The molecule has 1 atom stereocenters. The molecule has 1 unspecified atom stereocenters. The van der Waals surface area contributed by atoms with E-state index in [9.17, 15) is 9.59 Å². The first-order valence-corrected chi connectivity index (χ1v) is 9.23. The number of benzene rings is 1. The zero-order valence-corrected chi connectivity index (χ0v) is 15.4. The van der Waals surface area contributed by atoms with Crippen molar-refractivity contribution in [2.24, 2.45) is 0 Å². The maximum atomic E-state index is 12.8. The molecule has 2 heterocycles. The van der Waals surface area contributed by atoms with Crippen LogP contribution >= 0.6 is 0 Å². The van der Waals surface area contributed by atoms with Crippen molar-refractivity contribution in [2.45, 2.75) is 45.6 Å². The van der Waals surface area contributed by atoms with Crippen LogP contribution in [0.15, 0.2) is 42.6 Å². The smallest absolute Gasteiger partial charge is 0.255 e. The van der Waals surface area contributed by atoms with Crippen LogP contribution in [0.3, 0.4) is 0 Å². The number of hydrogen-bond acceptors (Lipinski definition) is 4. The highest BCUT2D eigenvalue weighted by Gasteiger charge is 2.26. The number of piperidine rings is 1. The quantitative estimate of drug-likeness (QED) is 0.809. The predicted octanol–water partition coefficient (Wildman–Crippen LogP) is 4.43. The average Bonchev–Trinajstić information content (AvgIpc) is 2.68. The molecule has 1 amide bonds. The van der Waals surface area contributed by atoms with Crippen LogP contribution in [0.2, 0.25) is 0 Å². The van der Waals surface area contributed by atoms with Crippen molar-refractivity contribution in [2.75, 3.05) is 11.9 Å². The number of Topliss-reactive ketones (excluding diaryl/α,β-unsaturated/α-hetero) is 1. The summed E-state index contributed by atoms with van der Waals surface area (Å²) in [5.74, 6) is 0.733. The van der Waals surface area contributed by atoms with Crippen molar-refractivity contribution < 1.29 is 9.59 Å². The molecule has 0 radical (unpaired) electrons. The number of ketones is 1. The molecule has 1 aromatic carbocycles. The van der Waals surface area contributed by atoms with Gasteiger partial charge in [-0.05, 0) is 56.9 Å². The van der Waals surface area contributed by atoms with Crippen molar-refractivity contribution in [3.8, 4) is 0 Å². The number of nitrogens with zero attached hydrogens (tertiary/aromatic N) is 2. The second-order valence-corrected chi connectivity index (χ2v) is 6.75. The minimum atomic E-state index is 0.0227. The van der Waals surface area contributed by atoms with Gasteiger partial charge in [0, 0.05) is 30.0 Å². The van der Waals surface area contributed by atoms with E-state index in [1.54, 1.807) is 31.3 Å². The van der Waals surface area contributed by atoms with Gasteiger partial charge in [0.1, 0.15) is 5.82 Å². The van der Waals surface area contributed by atoms with Crippen LogP contribution in [0.4, 0.5) is 11.5 Å². The Balaban J connectivity index is 1.71. The highest BCUT2D eigenvalue weighted by molar-refractivity contribution is 5.95. The van der Waals surface area contributed by atoms with E-state index in [0.717, 1.165) is 31.5 Å². The molecule has 5 nitrogen and oxygen atoms in total. The van der Waals surface area contributed by atoms with Gasteiger partial charge in [0.2, 0.25) is 0 Å². The minimum absolute atomic E-state index is 0.0227. The van der Waals surface area contributed by atoms with Gasteiger partial charge in [-0.3, -0.25) is 9.59 Å². The molecule has 1 saturated heterocycles. The summed E-state index contributed by atoms with van der Waals surface area (Å²) in [5, 5.41) is 3.18. The predicted molar refractivity (Wildman–Crippen MR) is 103 cm³/mol. The molecule has 26 heavy (non-hydrogen) atoms. The Morgan fingerprint density at radius 3 is 2.73 bits per heavy atom. The molecule has 0 bridgehead atoms. The van der Waals surface area contributed by atoms with Crippen molar-refractivity contribution in [1.29, 1.82) is 0 Å². The molecule has 1 aromatic heterocycles. The number of pyridine rings is 1. The van der Waals surface area contributed by atoms with Crippen LogP contribution in [0.1, 0.15) is 60.2 Å². The number of carbonyl (C=O) groups excluding carboxylic acids is 2. The number of carbonyl (C=O) groups is 2. The van der Waals surface area contributed by atoms with Gasteiger partial charge in [-0.2, -0.15) is 0 Å². The number of likely N-dealkylation sites (tertiary alicyclic amines) is 1. The van der Waals surface area contributed by atoms with Gasteiger partial charge in [0.15, 0.2) is 5.78 Å². The van der Waals surface area contributed by atoms with Crippen molar-refractivity contribution in [3.63, 3.8) is 0 Å². The third-order valence-corrected chi connectivity index (χ3v) is 4.91. The molecule has 136 valence electrons. The lowest BCUT2D eigenvalue weighted by Gasteiger charge is -2.35. The van der Waals surface area contributed by atoms with Gasteiger partial charge in [0.25, 0.3) is 5.91 Å². The Morgan fingerprint density at radius 2 is 2.04 bits per heavy atom. The minimum Gasteiger partial charge on any atom is -0.340 e. The Kier molecular flexibility index (Phi) is 5.66. The van der Waals surface area contributed by atoms with E-state index in [0.29, 0.717) is 23.0 Å². The largest absolute Gasteiger partial charge is 0.340 e. The number of amides is 1. The molecule has 0 saturated carbocycles. The number of hydrogen-bond donors (Lipinski definition) is 1. The molecule has 0 aliphatic carbocycles. The monoisotopic (exact) mass is 351 g/mol. The summed E-state index contributed by atoms with van der Waals surface area (Å²) in [6.45, 7) is 4.51. The van der Waals surface area contributed by atoms with Crippen molar-refractivity contribution in [3.05, 3.63) is 53.7 Å². The number of nitrogens with one attached hydrogen (secondary N) is 1. The highest BCUT2D eigenvalue weighted by atomic mass is 16.2. The normalized spacial score (nSPS) is 17.0. The molecular weight excluding hydrogens is 326 g/mol. The molecule has 0 spiro atoms. The topological polar surface area (TPSA) is 62.3 Å². The Bertz CT molecular complexity index is 786. The fraction of sp³-hybridized carbons (Fsp3) is 0.381. The average molecular weight is 351 g/mol. The fourth-order valence-electron chi connectivity index (χ4n) is 3.42. The summed E-state index contributed by atoms with van der Waals surface area (Å²) in [4.78, 5) is 30.6. The van der Waals surface area contributed by atoms with E-state index in [1.807, 2.05) is 23.1 Å². The Hall–Kier alpha value is -2.69. The van der Waals surface area contributed by atoms with Gasteiger partial charge in [0.05, 0.1) is 5.56 Å². The molecule has 1 aliphatic rings. The number of anilines is 2. The number of aromatic nitrogens is 1. The summed E-state index contributed by atoms with van der Waals surface area (Å²) in [7, 11) is 0. The molecular formula is C21H25N3O2. The second-order valence-electron chi connectivity index (χ2n) is 6.75. The van der Waals surface area contributed by atoms with Crippen LogP contribution in [0.25, 0.3) is 0 Å². The van der Waals surface area contributed by atoms with Gasteiger partial charge in [-0.25, -0.2) is 4.98 Å². The Morgan fingerprint density at radius 1 is 1.19 bits per heavy atom. The summed E-state index contributed by atoms with van der Waals surface area (Å²) in [6.07, 6.45) is 5.97. The zero-order chi connectivity index (χ0) is 18.5. The van der Waals surface area contributed by atoms with E-state index in [2.05, 4.69) is 17.2 Å². The standard InChI is InChI=1S/C21H25N3O2/c1-3-19-9-4-5-12-24(19)21(26)17-10-11-20(22-14-17)23-18-8-6-7-16(13-18)15(2)25/h6-8,10-11,13-14,19H,3-5,9,12H2,1-2H3,(H,22,23). The van der Waals surface area contributed by atoms with Crippen LogP contribution in [0.5, 0.6) is 0 Å². The van der Waals surface area contributed by atoms with Crippen LogP contribution in [-0.2, 0) is 0 Å². The van der Waals surface area contributed by atoms with Gasteiger partial charge >= 0.3 is 0 Å². The first kappa shape index (κ1) is 18.1. The summed E-state index contributed by atoms with van der Waals surface area (Å²) >= 11 is 0. The lowest BCUT2D eigenvalue weighted by Crippen LogP contribution is -2.43. The lowest BCUT2D eigenvalue weighted by atomic mass is 9.99. The molecule has 2 aromatic rings. The number of rotatable bonds is 5. The fourth-order valence-corrected chi connectivity index (χ4v) is 3.42. The molecule has 5 heteroatoms. The lowest BCUT2D eigenvalue weighted by molar-refractivity contribution is 0.0607. The van der Waals surface area contributed by atoms with Crippen LogP contribution < -0.4 is 5.32 Å². The second kappa shape index (κ2) is 8.13. The van der Waals surface area contributed by atoms with E-state index in [4.69, 9.17) is 0 Å². The Labute approximate surface area is 154 Å². The summed E-state index contributed by atoms with van der Waals surface area (Å²) in [6, 6.07) is 11.2. The van der Waals surface area contributed by atoms with Gasteiger partial charge < -0.3 is 10.2 Å². The maximum absolute atomic E-state index is 12.8. The summed E-state index contributed by atoms with van der Waals surface area (Å²) in [5.41, 5.74) is 2.07. The SMILES string of the molecule is CCC1CCCCN1C(=O)c1ccc(Nc2cccc(C(C)=O)c2)nc1. The van der Waals surface area contributed by atoms with E-state index in [1.165, 1.54) is 6.42 Å². The maximum Gasteiger partial charge on any atom is 0.255 e. The molecule has 1 aliphatic heterocycles. The van der Waals surface area contributed by atoms with Crippen LogP contribution in [0, 0.1) is 0 Å². The molecule has 1 N–H and O–H groups in total. The van der Waals surface area contributed by atoms with Crippen LogP contribution in [-0.4, -0.2) is 34.2 Å². The summed E-state index contributed by atoms with van der Waals surface area (Å²) < 4.78 is 0. The van der Waals surface area contributed by atoms with Gasteiger partial charge in [-0.15, -0.1) is 0 Å². The third kappa shape index (κ3) is 4.10.